The maximum absolute atomic E-state index is 12.5. The van der Waals surface area contributed by atoms with Gasteiger partial charge in [-0.05, 0) is 27.9 Å². The largest absolute Gasteiger partial charge is 0.352 e. The van der Waals surface area contributed by atoms with E-state index in [1.165, 1.54) is 0 Å². The van der Waals surface area contributed by atoms with Gasteiger partial charge >= 0.3 is 0 Å². The topological polar surface area (TPSA) is 41.0 Å². The smallest absolute Gasteiger partial charge is 0.222 e. The van der Waals surface area contributed by atoms with E-state index in [2.05, 4.69) is 34.0 Å². The molecule has 15 heavy (non-hydrogen) atoms. The molecule has 0 amide bonds. The number of likely N-dealkylation sites (N-methyl/N-ethyl adjacent to an activating group) is 1. The number of halogens is 1. The molecule has 1 heterocycles. The summed E-state index contributed by atoms with van der Waals surface area (Å²) in [6.45, 7) is 4.90. The highest BCUT2D eigenvalue weighted by molar-refractivity contribution is 5.23. The Hall–Kier alpha value is -1.23. The van der Waals surface area contributed by atoms with Gasteiger partial charge in [-0.3, -0.25) is 0 Å². The monoisotopic (exact) mass is 212 g/mol. The van der Waals surface area contributed by atoms with Crippen LogP contribution in [-0.4, -0.2) is 41.0 Å². The van der Waals surface area contributed by atoms with Crippen molar-refractivity contribution < 1.29 is 4.39 Å². The third-order valence-corrected chi connectivity index (χ3v) is 2.51. The van der Waals surface area contributed by atoms with Crippen molar-refractivity contribution in [2.45, 2.75) is 19.4 Å². The molecule has 0 saturated carbocycles. The van der Waals surface area contributed by atoms with E-state index in [0.29, 0.717) is 12.5 Å². The number of aromatic nitrogens is 2. The Morgan fingerprint density at radius 2 is 1.87 bits per heavy atom. The lowest BCUT2D eigenvalue weighted by Gasteiger charge is -2.32. The molecule has 0 aromatic carbocycles. The molecular weight excluding hydrogens is 195 g/mol. The minimum absolute atomic E-state index is 0.00224. The van der Waals surface area contributed by atoms with Crippen LogP contribution in [0.2, 0.25) is 0 Å². The van der Waals surface area contributed by atoms with Crippen LogP contribution in [-0.2, 0) is 0 Å². The molecule has 84 valence electrons. The van der Waals surface area contributed by atoms with Crippen LogP contribution in [0.4, 0.5) is 10.3 Å². The van der Waals surface area contributed by atoms with E-state index in [4.69, 9.17) is 0 Å². The lowest BCUT2D eigenvalue weighted by atomic mass is 10.1. The zero-order valence-corrected chi connectivity index (χ0v) is 9.58. The molecule has 1 aromatic heterocycles. The number of nitrogens with one attached hydrogen (secondary N) is 1. The average molecular weight is 212 g/mol. The van der Waals surface area contributed by atoms with Crippen LogP contribution in [0.25, 0.3) is 0 Å². The summed E-state index contributed by atoms with van der Waals surface area (Å²) < 4.78 is 12.5. The molecule has 5 heteroatoms. The van der Waals surface area contributed by atoms with Crippen molar-refractivity contribution in [3.63, 3.8) is 0 Å². The van der Waals surface area contributed by atoms with Gasteiger partial charge in [0.2, 0.25) is 5.95 Å². The summed E-state index contributed by atoms with van der Waals surface area (Å²) in [5.74, 6) is 0.0266. The Bertz CT molecular complexity index is 308. The second-order valence-corrected chi connectivity index (χ2v) is 4.29. The van der Waals surface area contributed by atoms with Crippen molar-refractivity contribution in [3.05, 3.63) is 18.2 Å². The molecule has 0 aliphatic heterocycles. The van der Waals surface area contributed by atoms with Crippen LogP contribution in [0.1, 0.15) is 13.8 Å². The fourth-order valence-corrected chi connectivity index (χ4v) is 0.857. The van der Waals surface area contributed by atoms with Gasteiger partial charge in [0.05, 0.1) is 12.4 Å². The Morgan fingerprint density at radius 3 is 2.33 bits per heavy atom. The van der Waals surface area contributed by atoms with Gasteiger partial charge < -0.3 is 10.2 Å². The predicted molar refractivity (Wildman–Crippen MR) is 58.2 cm³/mol. The van der Waals surface area contributed by atoms with Gasteiger partial charge in [-0.15, -0.1) is 0 Å². The predicted octanol–water partition coefficient (Wildman–Crippen LogP) is 1.37. The Balaban J connectivity index is 2.54. The first-order valence-electron chi connectivity index (χ1n) is 4.81. The first-order chi connectivity index (χ1) is 6.92. The van der Waals surface area contributed by atoms with Crippen LogP contribution >= 0.6 is 0 Å². The summed E-state index contributed by atoms with van der Waals surface area (Å²) in [4.78, 5) is 9.75. The van der Waals surface area contributed by atoms with E-state index < -0.39 is 5.82 Å². The Morgan fingerprint density at radius 1 is 1.33 bits per heavy atom. The molecule has 0 bridgehead atoms. The van der Waals surface area contributed by atoms with Gasteiger partial charge in [-0.2, -0.15) is 0 Å². The highest BCUT2D eigenvalue weighted by atomic mass is 19.1. The summed E-state index contributed by atoms with van der Waals surface area (Å²) in [5, 5.41) is 3.06. The summed E-state index contributed by atoms with van der Waals surface area (Å²) in [6, 6.07) is 0. The van der Waals surface area contributed by atoms with Gasteiger partial charge in [-0.25, -0.2) is 14.4 Å². The molecular formula is C10H17FN4. The molecule has 0 unspecified atom stereocenters. The van der Waals surface area contributed by atoms with E-state index in [-0.39, 0.29) is 5.54 Å². The fourth-order valence-electron chi connectivity index (χ4n) is 0.857. The van der Waals surface area contributed by atoms with Crippen LogP contribution in [0.5, 0.6) is 0 Å². The van der Waals surface area contributed by atoms with Crippen molar-refractivity contribution >= 4 is 5.95 Å². The lowest BCUT2D eigenvalue weighted by Crippen LogP contribution is -2.44. The van der Waals surface area contributed by atoms with Gasteiger partial charge in [0.15, 0.2) is 5.82 Å². The minimum atomic E-state index is -0.424. The number of nitrogens with zero attached hydrogens (tertiary/aromatic N) is 3. The molecule has 0 fully saturated rings. The zero-order valence-electron chi connectivity index (χ0n) is 9.58. The third kappa shape index (κ3) is 3.43. The molecule has 0 aliphatic rings. The quantitative estimate of drug-likeness (QED) is 0.818. The van der Waals surface area contributed by atoms with Crippen LogP contribution < -0.4 is 5.32 Å². The fraction of sp³-hybridized carbons (Fsp3) is 0.600. The van der Waals surface area contributed by atoms with Crippen LogP contribution in [0, 0.1) is 5.82 Å². The summed E-state index contributed by atoms with van der Waals surface area (Å²) in [5.41, 5.74) is -0.00224. The number of anilines is 1. The first kappa shape index (κ1) is 11.8. The maximum atomic E-state index is 12.5. The van der Waals surface area contributed by atoms with Gasteiger partial charge in [0.1, 0.15) is 0 Å². The van der Waals surface area contributed by atoms with E-state index in [9.17, 15) is 4.39 Å². The Kier molecular flexibility index (Phi) is 3.57. The third-order valence-electron chi connectivity index (χ3n) is 2.51. The standard InChI is InChI=1S/C10H17FN4/c1-10(2,15(3)4)7-14-9-12-5-8(11)6-13-9/h5-6H,7H2,1-4H3,(H,12,13,14). The second-order valence-electron chi connectivity index (χ2n) is 4.29. The molecule has 0 atom stereocenters. The molecule has 0 saturated heterocycles. The molecule has 1 N–H and O–H groups in total. The normalized spacial score (nSPS) is 11.9. The highest BCUT2D eigenvalue weighted by Gasteiger charge is 2.20. The van der Waals surface area contributed by atoms with Crippen molar-refractivity contribution in [2.24, 2.45) is 0 Å². The van der Waals surface area contributed by atoms with E-state index in [1.807, 2.05) is 14.1 Å². The van der Waals surface area contributed by atoms with Crippen molar-refractivity contribution in [2.75, 3.05) is 26.0 Å². The van der Waals surface area contributed by atoms with Gasteiger partial charge in [-0.1, -0.05) is 0 Å². The molecule has 0 aliphatic carbocycles. The first-order valence-corrected chi connectivity index (χ1v) is 4.81. The van der Waals surface area contributed by atoms with Crippen molar-refractivity contribution in [3.8, 4) is 0 Å². The molecule has 4 nitrogen and oxygen atoms in total. The second kappa shape index (κ2) is 4.53. The highest BCUT2D eigenvalue weighted by Crippen LogP contribution is 2.10. The maximum Gasteiger partial charge on any atom is 0.222 e. The summed E-state index contributed by atoms with van der Waals surface area (Å²) in [6.07, 6.45) is 2.30. The SMILES string of the molecule is CN(C)C(C)(C)CNc1ncc(F)cn1. The number of hydrogen-bond acceptors (Lipinski definition) is 4. The molecule has 0 radical (unpaired) electrons. The number of rotatable bonds is 4. The number of hydrogen-bond donors (Lipinski definition) is 1. The van der Waals surface area contributed by atoms with E-state index in [1.54, 1.807) is 0 Å². The van der Waals surface area contributed by atoms with Crippen molar-refractivity contribution in [1.82, 2.24) is 14.9 Å². The van der Waals surface area contributed by atoms with E-state index in [0.717, 1.165) is 12.4 Å². The molecule has 1 aromatic rings. The summed E-state index contributed by atoms with van der Waals surface area (Å²) in [7, 11) is 4.01. The van der Waals surface area contributed by atoms with Gasteiger partial charge in [0.25, 0.3) is 0 Å². The summed E-state index contributed by atoms with van der Waals surface area (Å²) >= 11 is 0. The Labute approximate surface area is 89.5 Å². The molecule has 0 spiro atoms. The van der Waals surface area contributed by atoms with Gasteiger partial charge in [0, 0.05) is 12.1 Å². The van der Waals surface area contributed by atoms with Crippen LogP contribution in [0.15, 0.2) is 12.4 Å². The zero-order chi connectivity index (χ0) is 11.5. The molecule has 1 rings (SSSR count). The van der Waals surface area contributed by atoms with E-state index >= 15 is 0 Å². The lowest BCUT2D eigenvalue weighted by molar-refractivity contribution is 0.209. The van der Waals surface area contributed by atoms with Crippen molar-refractivity contribution in [1.29, 1.82) is 0 Å². The van der Waals surface area contributed by atoms with Crippen LogP contribution in [0.3, 0.4) is 0 Å². The minimum Gasteiger partial charge on any atom is -0.352 e. The average Bonchev–Trinajstić information content (AvgIpc) is 2.17.